The maximum atomic E-state index is 9.65. The first-order valence-corrected chi connectivity index (χ1v) is 6.68. The molecule has 0 aliphatic rings. The van der Waals surface area contributed by atoms with Crippen LogP contribution in [-0.4, -0.2) is 34.1 Å². The van der Waals surface area contributed by atoms with E-state index in [1.165, 1.54) is 0 Å². The molecule has 4 heteroatoms. The van der Waals surface area contributed by atoms with Crippen molar-refractivity contribution in [3.63, 3.8) is 0 Å². The summed E-state index contributed by atoms with van der Waals surface area (Å²) in [4.78, 5) is 0.994. The average molecular weight is 264 g/mol. The Kier molecular flexibility index (Phi) is 4.49. The second-order valence-electron chi connectivity index (χ2n) is 4.19. The summed E-state index contributed by atoms with van der Waals surface area (Å²) in [5.41, 5.74) is 2.25. The molecule has 18 heavy (non-hydrogen) atoms. The van der Waals surface area contributed by atoms with Gasteiger partial charge in [-0.05, 0) is 22.6 Å². The van der Waals surface area contributed by atoms with Crippen LogP contribution >= 0.6 is 11.3 Å². The van der Waals surface area contributed by atoms with Crippen molar-refractivity contribution in [1.29, 1.82) is 0 Å². The van der Waals surface area contributed by atoms with Gasteiger partial charge in [0.2, 0.25) is 0 Å². The number of aliphatic hydroxyl groups excluding tert-OH is 3. The fraction of sp³-hybridized carbons (Fsp3) is 0.286. The highest BCUT2D eigenvalue weighted by molar-refractivity contribution is 7.10. The molecule has 3 nitrogen and oxygen atoms in total. The van der Waals surface area contributed by atoms with Crippen LogP contribution in [0.3, 0.4) is 0 Å². The summed E-state index contributed by atoms with van der Waals surface area (Å²) in [5.74, 6) is 0. The smallest absolute Gasteiger partial charge is 0.103 e. The summed E-state index contributed by atoms with van der Waals surface area (Å²) in [6, 6.07) is 12.0. The van der Waals surface area contributed by atoms with E-state index in [9.17, 15) is 10.2 Å². The van der Waals surface area contributed by atoms with Gasteiger partial charge in [-0.25, -0.2) is 0 Å². The fourth-order valence-corrected chi connectivity index (χ4v) is 2.68. The van der Waals surface area contributed by atoms with Gasteiger partial charge in [-0.3, -0.25) is 0 Å². The molecule has 1 heterocycles. The van der Waals surface area contributed by atoms with Crippen molar-refractivity contribution in [2.75, 3.05) is 6.61 Å². The van der Waals surface area contributed by atoms with E-state index in [0.717, 1.165) is 16.0 Å². The minimum atomic E-state index is -1.08. The van der Waals surface area contributed by atoms with E-state index in [1.54, 1.807) is 11.3 Å². The molecule has 0 unspecified atom stereocenters. The molecule has 0 spiro atoms. The molecule has 2 aromatic rings. The lowest BCUT2D eigenvalue weighted by Gasteiger charge is -2.13. The highest BCUT2D eigenvalue weighted by Gasteiger charge is 2.16. The second kappa shape index (κ2) is 6.11. The van der Waals surface area contributed by atoms with E-state index in [0.29, 0.717) is 6.42 Å². The lowest BCUT2D eigenvalue weighted by Crippen LogP contribution is -2.30. The molecular weight excluding hydrogens is 248 g/mol. The summed E-state index contributed by atoms with van der Waals surface area (Å²) < 4.78 is 0. The van der Waals surface area contributed by atoms with Crippen LogP contribution < -0.4 is 0 Å². The SMILES string of the molecule is OC[C@@H](O)[C@H](O)Cc1cc(-c2ccccc2)cs1. The van der Waals surface area contributed by atoms with E-state index in [-0.39, 0.29) is 0 Å². The molecule has 1 aromatic heterocycles. The van der Waals surface area contributed by atoms with Gasteiger partial charge in [-0.1, -0.05) is 30.3 Å². The van der Waals surface area contributed by atoms with Gasteiger partial charge in [-0.2, -0.15) is 0 Å². The molecule has 2 atom stereocenters. The van der Waals surface area contributed by atoms with Crippen LogP contribution in [0.15, 0.2) is 41.8 Å². The molecule has 0 aliphatic carbocycles. The van der Waals surface area contributed by atoms with Gasteiger partial charge in [0.05, 0.1) is 12.7 Å². The number of hydrogen-bond acceptors (Lipinski definition) is 4. The van der Waals surface area contributed by atoms with E-state index in [1.807, 2.05) is 41.8 Å². The third-order valence-corrected chi connectivity index (χ3v) is 3.76. The van der Waals surface area contributed by atoms with Gasteiger partial charge in [0.15, 0.2) is 0 Å². The minimum Gasteiger partial charge on any atom is -0.394 e. The van der Waals surface area contributed by atoms with Gasteiger partial charge >= 0.3 is 0 Å². The average Bonchev–Trinajstić information content (AvgIpc) is 2.87. The molecule has 1 aromatic carbocycles. The highest BCUT2D eigenvalue weighted by atomic mass is 32.1. The van der Waals surface area contributed by atoms with Crippen molar-refractivity contribution in [2.24, 2.45) is 0 Å². The van der Waals surface area contributed by atoms with E-state index in [4.69, 9.17) is 5.11 Å². The first-order chi connectivity index (χ1) is 8.70. The van der Waals surface area contributed by atoms with Crippen molar-refractivity contribution in [3.8, 4) is 11.1 Å². The zero-order valence-electron chi connectivity index (χ0n) is 9.86. The molecule has 0 amide bonds. The number of rotatable bonds is 5. The molecule has 3 N–H and O–H groups in total. The quantitative estimate of drug-likeness (QED) is 0.770. The summed E-state index contributed by atoms with van der Waals surface area (Å²) in [7, 11) is 0. The molecule has 96 valence electrons. The molecule has 0 saturated heterocycles. The summed E-state index contributed by atoms with van der Waals surface area (Å²) in [6.07, 6.45) is -1.64. The Labute approximate surface area is 110 Å². The summed E-state index contributed by atoms with van der Waals surface area (Å²) >= 11 is 1.55. The highest BCUT2D eigenvalue weighted by Crippen LogP contribution is 2.26. The van der Waals surface area contributed by atoms with Gasteiger partial charge in [0.1, 0.15) is 6.10 Å². The molecule has 0 saturated carbocycles. The molecular formula is C14H16O3S. The van der Waals surface area contributed by atoms with Gasteiger partial charge in [-0.15, -0.1) is 11.3 Å². The van der Waals surface area contributed by atoms with Crippen molar-refractivity contribution in [1.82, 2.24) is 0 Å². The van der Waals surface area contributed by atoms with Crippen molar-refractivity contribution in [3.05, 3.63) is 46.7 Å². The first kappa shape index (κ1) is 13.2. The summed E-state index contributed by atoms with van der Waals surface area (Å²) in [5, 5.41) is 29.8. The van der Waals surface area contributed by atoms with Crippen molar-refractivity contribution in [2.45, 2.75) is 18.6 Å². The van der Waals surface area contributed by atoms with Gasteiger partial charge < -0.3 is 15.3 Å². The van der Waals surface area contributed by atoms with Crippen LogP contribution in [0, 0.1) is 0 Å². The van der Waals surface area contributed by atoms with Crippen molar-refractivity contribution >= 4 is 11.3 Å². The molecule has 0 radical (unpaired) electrons. The predicted octanol–water partition coefficient (Wildman–Crippen LogP) is 1.67. The number of thiophene rings is 1. The molecule has 0 aliphatic heterocycles. The van der Waals surface area contributed by atoms with E-state index < -0.39 is 18.8 Å². The molecule has 0 bridgehead atoms. The van der Waals surface area contributed by atoms with Crippen LogP contribution in [-0.2, 0) is 6.42 Å². The first-order valence-electron chi connectivity index (χ1n) is 5.80. The Morgan fingerprint density at radius 2 is 1.72 bits per heavy atom. The topological polar surface area (TPSA) is 60.7 Å². The lowest BCUT2D eigenvalue weighted by molar-refractivity contribution is -0.0129. The minimum absolute atomic E-state index is 0.360. The van der Waals surface area contributed by atoms with Crippen LogP contribution in [0.25, 0.3) is 11.1 Å². The van der Waals surface area contributed by atoms with E-state index in [2.05, 4.69) is 0 Å². The Morgan fingerprint density at radius 1 is 1.00 bits per heavy atom. The number of benzene rings is 1. The van der Waals surface area contributed by atoms with Crippen LogP contribution in [0.1, 0.15) is 4.88 Å². The predicted molar refractivity (Wildman–Crippen MR) is 72.6 cm³/mol. The molecule has 0 fully saturated rings. The molecule has 2 rings (SSSR count). The van der Waals surface area contributed by atoms with Crippen LogP contribution in [0.5, 0.6) is 0 Å². The Morgan fingerprint density at radius 3 is 2.39 bits per heavy atom. The lowest BCUT2D eigenvalue weighted by atomic mass is 10.1. The zero-order chi connectivity index (χ0) is 13.0. The maximum absolute atomic E-state index is 9.65. The third-order valence-electron chi connectivity index (χ3n) is 2.80. The van der Waals surface area contributed by atoms with E-state index >= 15 is 0 Å². The van der Waals surface area contributed by atoms with Gasteiger partial charge in [0, 0.05) is 11.3 Å². The van der Waals surface area contributed by atoms with Crippen molar-refractivity contribution < 1.29 is 15.3 Å². The normalized spacial score (nSPS) is 14.4. The van der Waals surface area contributed by atoms with Gasteiger partial charge in [0.25, 0.3) is 0 Å². The van der Waals surface area contributed by atoms with Crippen LogP contribution in [0.4, 0.5) is 0 Å². The monoisotopic (exact) mass is 264 g/mol. The Bertz CT molecular complexity index is 481. The zero-order valence-corrected chi connectivity index (χ0v) is 10.7. The standard InChI is InChI=1S/C14H16O3S/c15-8-14(17)13(16)7-12-6-11(9-18-12)10-4-2-1-3-5-10/h1-6,9,13-17H,7-8H2/t13-,14-/m1/s1. The number of hydrogen-bond donors (Lipinski definition) is 3. The third kappa shape index (κ3) is 3.17. The Balaban J connectivity index is 2.07. The fourth-order valence-electron chi connectivity index (χ4n) is 1.73. The maximum Gasteiger partial charge on any atom is 0.103 e. The van der Waals surface area contributed by atoms with Crippen LogP contribution in [0.2, 0.25) is 0 Å². The number of aliphatic hydroxyl groups is 3. The Hall–Kier alpha value is -1.20. The summed E-state index contributed by atoms with van der Waals surface area (Å²) in [6.45, 7) is -0.419. The second-order valence-corrected chi connectivity index (χ2v) is 5.18. The largest absolute Gasteiger partial charge is 0.394 e.